The molecule has 0 heterocycles. The molecule has 1 amide bonds. The number of nitrogens with one attached hydrogen (secondary N) is 1. The molecular formula is C14H24N4O4. The molecule has 124 valence electrons. The topological polar surface area (TPSA) is 140 Å². The summed E-state index contributed by atoms with van der Waals surface area (Å²) in [5.74, 6) is -1.45. The van der Waals surface area contributed by atoms with Crippen LogP contribution in [0.15, 0.2) is 16.6 Å². The second-order valence-corrected chi connectivity index (χ2v) is 5.24. The lowest BCUT2D eigenvalue weighted by Crippen LogP contribution is -2.53. The molecule has 8 heteroatoms. The number of guanidine groups is 1. The first-order valence-corrected chi connectivity index (χ1v) is 7.26. The second kappa shape index (κ2) is 8.38. The lowest BCUT2D eigenvalue weighted by atomic mass is 9.88. The van der Waals surface area contributed by atoms with E-state index in [1.807, 2.05) is 6.92 Å². The van der Waals surface area contributed by atoms with E-state index < -0.39 is 24.2 Å². The van der Waals surface area contributed by atoms with E-state index in [-0.39, 0.29) is 23.9 Å². The Morgan fingerprint density at radius 3 is 2.68 bits per heavy atom. The van der Waals surface area contributed by atoms with Gasteiger partial charge in [0.05, 0.1) is 18.2 Å². The highest BCUT2D eigenvalue weighted by Crippen LogP contribution is 2.24. The van der Waals surface area contributed by atoms with Gasteiger partial charge in [0, 0.05) is 25.5 Å². The van der Waals surface area contributed by atoms with Gasteiger partial charge in [-0.3, -0.25) is 4.79 Å². The van der Waals surface area contributed by atoms with E-state index in [0.717, 1.165) is 12.8 Å². The number of nitrogens with two attached hydrogens (primary N) is 2. The number of hydrogen-bond donors (Lipinski definition) is 4. The van der Waals surface area contributed by atoms with Gasteiger partial charge < -0.3 is 26.6 Å². The Balaban J connectivity index is 3.05. The Morgan fingerprint density at radius 1 is 1.50 bits per heavy atom. The van der Waals surface area contributed by atoms with Crippen LogP contribution in [0.1, 0.15) is 33.1 Å². The number of carboxylic acid groups (broad SMARTS) is 1. The summed E-state index contributed by atoms with van der Waals surface area (Å²) in [6.07, 6.45) is 2.86. The maximum atomic E-state index is 11.4. The normalized spacial score (nSPS) is 24.3. The van der Waals surface area contributed by atoms with Gasteiger partial charge in [0.25, 0.3) is 0 Å². The van der Waals surface area contributed by atoms with Crippen LogP contribution in [0, 0.1) is 0 Å². The molecule has 6 N–H and O–H groups in total. The summed E-state index contributed by atoms with van der Waals surface area (Å²) in [6.45, 7) is 3.87. The number of nitrogens with zero attached hydrogens (tertiary/aromatic N) is 1. The van der Waals surface area contributed by atoms with E-state index in [9.17, 15) is 14.7 Å². The van der Waals surface area contributed by atoms with Crippen molar-refractivity contribution < 1.29 is 19.4 Å². The molecule has 22 heavy (non-hydrogen) atoms. The number of aliphatic carboxylic acids is 1. The zero-order valence-electron chi connectivity index (χ0n) is 12.9. The number of aliphatic imine (C=N–C) groups is 1. The number of rotatable bonds is 7. The summed E-state index contributed by atoms with van der Waals surface area (Å²) in [4.78, 5) is 26.7. The maximum Gasteiger partial charge on any atom is 0.331 e. The van der Waals surface area contributed by atoms with E-state index >= 15 is 0 Å². The van der Waals surface area contributed by atoms with Crippen LogP contribution in [0.4, 0.5) is 0 Å². The minimum Gasteiger partial charge on any atom is -0.478 e. The van der Waals surface area contributed by atoms with Crippen LogP contribution < -0.4 is 16.8 Å². The molecule has 0 bridgehead atoms. The number of ether oxygens (including phenoxy) is 1. The minimum atomic E-state index is -1.04. The van der Waals surface area contributed by atoms with Crippen molar-refractivity contribution in [3.05, 3.63) is 11.6 Å². The van der Waals surface area contributed by atoms with Crippen molar-refractivity contribution in [2.45, 2.75) is 51.3 Å². The molecule has 0 unspecified atom stereocenters. The van der Waals surface area contributed by atoms with Gasteiger partial charge in [0.1, 0.15) is 0 Å². The lowest BCUT2D eigenvalue weighted by molar-refractivity contribution is -0.133. The van der Waals surface area contributed by atoms with E-state index in [0.29, 0.717) is 6.61 Å². The maximum absolute atomic E-state index is 11.4. The Labute approximate surface area is 129 Å². The van der Waals surface area contributed by atoms with Crippen molar-refractivity contribution >= 4 is 17.8 Å². The van der Waals surface area contributed by atoms with E-state index in [1.54, 1.807) is 0 Å². The average Bonchev–Trinajstić information content (AvgIpc) is 2.40. The number of amides is 1. The van der Waals surface area contributed by atoms with Crippen LogP contribution >= 0.6 is 0 Å². The Bertz CT molecular complexity index is 471. The molecule has 1 rings (SSSR count). The highest BCUT2D eigenvalue weighted by molar-refractivity contribution is 5.87. The van der Waals surface area contributed by atoms with Crippen molar-refractivity contribution in [1.82, 2.24) is 5.32 Å². The van der Waals surface area contributed by atoms with Gasteiger partial charge in [0.2, 0.25) is 5.91 Å². The Morgan fingerprint density at radius 2 is 2.18 bits per heavy atom. The van der Waals surface area contributed by atoms with Crippen LogP contribution in [0.3, 0.4) is 0 Å². The van der Waals surface area contributed by atoms with Gasteiger partial charge in [-0.05, 0) is 12.5 Å². The molecule has 0 saturated carbocycles. The van der Waals surface area contributed by atoms with Crippen LogP contribution in [-0.2, 0) is 14.3 Å². The molecule has 0 aromatic rings. The first-order valence-electron chi connectivity index (χ1n) is 7.26. The first kappa shape index (κ1) is 18.0. The van der Waals surface area contributed by atoms with Crippen LogP contribution in [0.25, 0.3) is 0 Å². The quantitative estimate of drug-likeness (QED) is 0.290. The Hall–Kier alpha value is -2.09. The third-order valence-corrected chi connectivity index (χ3v) is 3.33. The van der Waals surface area contributed by atoms with Crippen LogP contribution in [0.2, 0.25) is 0 Å². The van der Waals surface area contributed by atoms with Gasteiger partial charge in [0.15, 0.2) is 5.96 Å². The molecule has 0 radical (unpaired) electrons. The molecule has 0 fully saturated rings. The molecule has 0 aromatic carbocycles. The summed E-state index contributed by atoms with van der Waals surface area (Å²) in [5.41, 5.74) is 11.0. The summed E-state index contributed by atoms with van der Waals surface area (Å²) in [5, 5.41) is 12.0. The third-order valence-electron chi connectivity index (χ3n) is 3.33. The van der Waals surface area contributed by atoms with Gasteiger partial charge in [-0.25, -0.2) is 9.79 Å². The molecule has 0 aliphatic heterocycles. The summed E-state index contributed by atoms with van der Waals surface area (Å²) < 4.78 is 5.72. The van der Waals surface area contributed by atoms with E-state index in [4.69, 9.17) is 16.2 Å². The van der Waals surface area contributed by atoms with Gasteiger partial charge in [-0.15, -0.1) is 0 Å². The van der Waals surface area contributed by atoms with Crippen molar-refractivity contribution in [3.63, 3.8) is 0 Å². The SMILES string of the molecule is CCCCO[C@@H]1C=C(C(=O)O)C[C@H](N=C(N)N)[C@H]1NC(C)=O. The zero-order chi connectivity index (χ0) is 16.7. The van der Waals surface area contributed by atoms with Crippen molar-refractivity contribution in [1.29, 1.82) is 0 Å². The zero-order valence-corrected chi connectivity index (χ0v) is 12.9. The molecular weight excluding hydrogens is 288 g/mol. The molecule has 0 aromatic heterocycles. The van der Waals surface area contributed by atoms with Gasteiger partial charge >= 0.3 is 5.97 Å². The highest BCUT2D eigenvalue weighted by Gasteiger charge is 2.36. The smallest absolute Gasteiger partial charge is 0.331 e. The Kier molecular flexibility index (Phi) is 6.84. The van der Waals surface area contributed by atoms with E-state index in [2.05, 4.69) is 10.3 Å². The molecule has 1 aliphatic rings. The fourth-order valence-corrected chi connectivity index (χ4v) is 2.35. The molecule has 3 atom stereocenters. The lowest BCUT2D eigenvalue weighted by Gasteiger charge is -2.34. The molecule has 8 nitrogen and oxygen atoms in total. The molecule has 0 spiro atoms. The first-order chi connectivity index (χ1) is 10.3. The van der Waals surface area contributed by atoms with Crippen LogP contribution in [-0.4, -0.2) is 47.7 Å². The fraction of sp³-hybridized carbons (Fsp3) is 0.643. The summed E-state index contributed by atoms with van der Waals surface area (Å²) in [7, 11) is 0. The summed E-state index contributed by atoms with van der Waals surface area (Å²) >= 11 is 0. The predicted molar refractivity (Wildman–Crippen MR) is 82.2 cm³/mol. The molecule has 1 aliphatic carbocycles. The second-order valence-electron chi connectivity index (χ2n) is 5.24. The van der Waals surface area contributed by atoms with Crippen molar-refractivity contribution in [2.24, 2.45) is 16.5 Å². The number of unbranched alkanes of at least 4 members (excludes halogenated alkanes) is 1. The largest absolute Gasteiger partial charge is 0.478 e. The standard InChI is InChI=1S/C14H24N4O4/c1-3-4-5-22-11-7-9(13(20)21)6-10(18-14(15)16)12(11)17-8(2)19/h7,10-12H,3-6H2,1-2H3,(H,17,19)(H,20,21)(H4,15,16,18)/t10-,11+,12+/m0/s1. The average molecular weight is 312 g/mol. The van der Waals surface area contributed by atoms with Gasteiger partial charge in [-0.2, -0.15) is 0 Å². The number of hydrogen-bond acceptors (Lipinski definition) is 4. The van der Waals surface area contributed by atoms with E-state index in [1.165, 1.54) is 13.0 Å². The monoisotopic (exact) mass is 312 g/mol. The third kappa shape index (κ3) is 5.36. The van der Waals surface area contributed by atoms with Gasteiger partial charge in [-0.1, -0.05) is 13.3 Å². The van der Waals surface area contributed by atoms with Crippen molar-refractivity contribution in [2.75, 3.05) is 6.61 Å². The van der Waals surface area contributed by atoms with Crippen molar-refractivity contribution in [3.8, 4) is 0 Å². The predicted octanol–water partition coefficient (Wildman–Crippen LogP) is -0.267. The van der Waals surface area contributed by atoms with Crippen LogP contribution in [0.5, 0.6) is 0 Å². The summed E-state index contributed by atoms with van der Waals surface area (Å²) in [6, 6.07) is -1.07. The number of carbonyl (C=O) groups is 2. The number of carboxylic acids is 1. The number of carbonyl (C=O) groups excluding carboxylic acids is 1. The molecule has 0 saturated heterocycles. The minimum absolute atomic E-state index is 0.131. The fourth-order valence-electron chi connectivity index (χ4n) is 2.35. The highest BCUT2D eigenvalue weighted by atomic mass is 16.5.